The summed E-state index contributed by atoms with van der Waals surface area (Å²) in [4.78, 5) is 23.6. The number of pyridine rings is 2. The number of carbonyl (C=O) groups excluding carboxylic acids is 1. The zero-order chi connectivity index (χ0) is 17.9. The van der Waals surface area contributed by atoms with E-state index in [1.807, 2.05) is 48.5 Å². The number of amides is 1. The minimum atomic E-state index is 0.0504. The summed E-state index contributed by atoms with van der Waals surface area (Å²) >= 11 is 0. The molecule has 1 amide bonds. The zero-order valence-corrected chi connectivity index (χ0v) is 15.1. The van der Waals surface area contributed by atoms with Crippen molar-refractivity contribution in [1.82, 2.24) is 14.9 Å². The Hall–Kier alpha value is -2.75. The molecule has 0 unspecified atom stereocenters. The van der Waals surface area contributed by atoms with Crippen molar-refractivity contribution in [3.8, 4) is 0 Å². The molecule has 0 aliphatic carbocycles. The van der Waals surface area contributed by atoms with Gasteiger partial charge in [0.1, 0.15) is 5.69 Å². The molecule has 4 rings (SSSR count). The number of piperidine rings is 1. The molecule has 0 N–H and O–H groups in total. The molecule has 1 fully saturated rings. The fourth-order valence-electron chi connectivity index (χ4n) is 3.89. The Morgan fingerprint density at radius 1 is 1.15 bits per heavy atom. The van der Waals surface area contributed by atoms with E-state index < -0.39 is 0 Å². The Bertz CT molecular complexity index is 932. The molecular weight excluding hydrogens is 322 g/mol. The molecule has 1 aliphatic heterocycles. The minimum Gasteiger partial charge on any atom is -0.337 e. The molecule has 2 aromatic heterocycles. The number of likely N-dealkylation sites (tertiary alicyclic amines) is 1. The summed E-state index contributed by atoms with van der Waals surface area (Å²) in [6.07, 6.45) is 7.04. The Balaban J connectivity index is 1.51. The van der Waals surface area contributed by atoms with Gasteiger partial charge in [0.2, 0.25) is 0 Å². The van der Waals surface area contributed by atoms with Gasteiger partial charge >= 0.3 is 0 Å². The second kappa shape index (κ2) is 7.24. The summed E-state index contributed by atoms with van der Waals surface area (Å²) in [5.41, 5.74) is 2.71. The monoisotopic (exact) mass is 345 g/mol. The van der Waals surface area contributed by atoms with Gasteiger partial charge < -0.3 is 4.90 Å². The highest BCUT2D eigenvalue weighted by atomic mass is 16.2. The van der Waals surface area contributed by atoms with E-state index >= 15 is 0 Å². The number of hydrogen-bond acceptors (Lipinski definition) is 3. The first-order chi connectivity index (χ1) is 12.7. The topological polar surface area (TPSA) is 46.1 Å². The second-order valence-electron chi connectivity index (χ2n) is 7.15. The van der Waals surface area contributed by atoms with E-state index in [9.17, 15) is 4.79 Å². The van der Waals surface area contributed by atoms with Crippen molar-refractivity contribution in [2.45, 2.75) is 26.2 Å². The molecule has 0 radical (unpaired) electrons. The van der Waals surface area contributed by atoms with Crippen molar-refractivity contribution in [1.29, 1.82) is 0 Å². The first kappa shape index (κ1) is 16.7. The minimum absolute atomic E-state index is 0.0504. The van der Waals surface area contributed by atoms with Gasteiger partial charge in [-0.3, -0.25) is 9.78 Å². The molecule has 1 atom stereocenters. The fraction of sp³-hybridized carbons (Fsp3) is 0.318. The Morgan fingerprint density at radius 3 is 2.92 bits per heavy atom. The van der Waals surface area contributed by atoms with Crippen molar-refractivity contribution < 1.29 is 4.79 Å². The Kier molecular flexibility index (Phi) is 4.65. The lowest BCUT2D eigenvalue weighted by Gasteiger charge is -2.33. The zero-order valence-electron chi connectivity index (χ0n) is 15.1. The van der Waals surface area contributed by atoms with E-state index in [1.54, 1.807) is 0 Å². The molecule has 0 saturated carbocycles. The number of aromatic nitrogens is 2. The molecule has 26 heavy (non-hydrogen) atoms. The van der Waals surface area contributed by atoms with Gasteiger partial charge in [0.05, 0.1) is 0 Å². The van der Waals surface area contributed by atoms with Crippen molar-refractivity contribution in [3.05, 3.63) is 71.8 Å². The van der Waals surface area contributed by atoms with Gasteiger partial charge in [0, 0.05) is 36.6 Å². The summed E-state index contributed by atoms with van der Waals surface area (Å²) < 4.78 is 0. The van der Waals surface area contributed by atoms with Crippen LogP contribution >= 0.6 is 0 Å². The number of aryl methyl sites for hydroxylation is 1. The van der Waals surface area contributed by atoms with Crippen LogP contribution in [0.5, 0.6) is 0 Å². The van der Waals surface area contributed by atoms with Crippen molar-refractivity contribution >= 4 is 16.7 Å². The lowest BCUT2D eigenvalue weighted by Crippen LogP contribution is -2.40. The van der Waals surface area contributed by atoms with Gasteiger partial charge in [-0.15, -0.1) is 0 Å². The fourth-order valence-corrected chi connectivity index (χ4v) is 3.89. The Morgan fingerprint density at radius 2 is 2.04 bits per heavy atom. The third-order valence-corrected chi connectivity index (χ3v) is 5.17. The average molecular weight is 345 g/mol. The van der Waals surface area contributed by atoms with Gasteiger partial charge in [0.15, 0.2) is 0 Å². The van der Waals surface area contributed by atoms with Crippen molar-refractivity contribution in [2.24, 2.45) is 5.92 Å². The number of nitrogens with zero attached hydrogens (tertiary/aromatic N) is 3. The van der Waals surface area contributed by atoms with E-state index in [4.69, 9.17) is 0 Å². The van der Waals surface area contributed by atoms with Crippen LogP contribution in [0.1, 0.15) is 34.6 Å². The summed E-state index contributed by atoms with van der Waals surface area (Å²) in [6, 6.07) is 14.0. The highest BCUT2D eigenvalue weighted by Gasteiger charge is 2.25. The molecule has 1 aliphatic rings. The predicted molar refractivity (Wildman–Crippen MR) is 103 cm³/mol. The van der Waals surface area contributed by atoms with E-state index in [-0.39, 0.29) is 5.91 Å². The van der Waals surface area contributed by atoms with E-state index in [0.717, 1.165) is 38.0 Å². The lowest BCUT2D eigenvalue weighted by atomic mass is 9.90. The van der Waals surface area contributed by atoms with E-state index in [1.165, 1.54) is 16.3 Å². The largest absolute Gasteiger partial charge is 0.337 e. The van der Waals surface area contributed by atoms with Gasteiger partial charge in [-0.05, 0) is 55.2 Å². The maximum absolute atomic E-state index is 12.8. The van der Waals surface area contributed by atoms with Crippen LogP contribution < -0.4 is 0 Å². The summed E-state index contributed by atoms with van der Waals surface area (Å²) in [5.74, 6) is 0.513. The summed E-state index contributed by atoms with van der Waals surface area (Å²) in [6.45, 7) is 3.53. The molecule has 0 bridgehead atoms. The van der Waals surface area contributed by atoms with Crippen LogP contribution in [0.3, 0.4) is 0 Å². The first-order valence-corrected chi connectivity index (χ1v) is 9.25. The lowest BCUT2D eigenvalue weighted by molar-refractivity contribution is 0.0667. The molecule has 0 spiro atoms. The maximum atomic E-state index is 12.8. The molecule has 3 heterocycles. The third kappa shape index (κ3) is 3.45. The van der Waals surface area contributed by atoms with Gasteiger partial charge in [-0.25, -0.2) is 4.98 Å². The molecule has 4 nitrogen and oxygen atoms in total. The van der Waals surface area contributed by atoms with Gasteiger partial charge in [-0.2, -0.15) is 0 Å². The van der Waals surface area contributed by atoms with Crippen LogP contribution in [0.4, 0.5) is 0 Å². The summed E-state index contributed by atoms with van der Waals surface area (Å²) in [7, 11) is 0. The third-order valence-electron chi connectivity index (χ3n) is 5.17. The maximum Gasteiger partial charge on any atom is 0.272 e. The SMILES string of the molecule is Cc1cccc(C(=O)N2CCC[C@@H](Cc3cncc4ccccc34)C2)n1. The molecule has 4 heteroatoms. The quantitative estimate of drug-likeness (QED) is 0.720. The normalized spacial score (nSPS) is 17.4. The van der Waals surface area contributed by atoms with Crippen LogP contribution in [0.25, 0.3) is 10.8 Å². The van der Waals surface area contributed by atoms with Crippen LogP contribution in [0.2, 0.25) is 0 Å². The average Bonchev–Trinajstić information content (AvgIpc) is 2.68. The molecule has 3 aromatic rings. The smallest absolute Gasteiger partial charge is 0.272 e. The number of benzene rings is 1. The van der Waals surface area contributed by atoms with E-state index in [2.05, 4.69) is 28.2 Å². The number of carbonyl (C=O) groups is 1. The van der Waals surface area contributed by atoms with Crippen LogP contribution in [0, 0.1) is 12.8 Å². The van der Waals surface area contributed by atoms with Crippen LogP contribution in [-0.2, 0) is 6.42 Å². The highest BCUT2D eigenvalue weighted by Crippen LogP contribution is 2.25. The second-order valence-corrected chi connectivity index (χ2v) is 7.15. The standard InChI is InChI=1S/C22H23N3O/c1-16-6-4-10-21(24-16)22(26)25-11-5-7-17(15-25)12-19-14-23-13-18-8-2-3-9-20(18)19/h2-4,6,8-10,13-14,17H,5,7,11-12,15H2,1H3/t17-/m0/s1. The van der Waals surface area contributed by atoms with Gasteiger partial charge in [-0.1, -0.05) is 30.3 Å². The van der Waals surface area contributed by atoms with Crippen molar-refractivity contribution in [2.75, 3.05) is 13.1 Å². The molecule has 132 valence electrons. The molecular formula is C22H23N3O. The highest BCUT2D eigenvalue weighted by molar-refractivity contribution is 5.92. The van der Waals surface area contributed by atoms with E-state index in [0.29, 0.717) is 11.6 Å². The first-order valence-electron chi connectivity index (χ1n) is 9.25. The number of fused-ring (bicyclic) bond motifs is 1. The van der Waals surface area contributed by atoms with Crippen LogP contribution in [-0.4, -0.2) is 33.9 Å². The van der Waals surface area contributed by atoms with Gasteiger partial charge in [0.25, 0.3) is 5.91 Å². The molecule has 1 aromatic carbocycles. The molecule has 1 saturated heterocycles. The summed E-state index contributed by atoms with van der Waals surface area (Å²) in [5, 5.41) is 2.45. The van der Waals surface area contributed by atoms with Crippen molar-refractivity contribution in [3.63, 3.8) is 0 Å². The number of rotatable bonds is 3. The predicted octanol–water partition coefficient (Wildman–Crippen LogP) is 4.03. The Labute approximate surface area is 153 Å². The van der Waals surface area contributed by atoms with Crippen LogP contribution in [0.15, 0.2) is 54.9 Å². The number of hydrogen-bond donors (Lipinski definition) is 0.